The maximum atomic E-state index is 10.7. The topological polar surface area (TPSA) is 120 Å². The average molecular weight is 472 g/mol. The number of nitrogens with two attached hydrogens (primary N) is 1. The number of aromatic hydroxyl groups is 1. The van der Waals surface area contributed by atoms with Crippen LogP contribution in [0.4, 0.5) is 39.8 Å². The van der Waals surface area contributed by atoms with Crippen LogP contribution in [0.1, 0.15) is 0 Å². The number of hydrogen-bond donors (Lipinski definition) is 2. The Hall–Kier alpha value is -5.24. The van der Waals surface area contributed by atoms with E-state index in [1.807, 2.05) is 54.6 Å². The van der Waals surface area contributed by atoms with Crippen LogP contribution in [0.5, 0.6) is 5.75 Å². The molecule has 0 saturated heterocycles. The van der Waals surface area contributed by atoms with Gasteiger partial charge < -0.3 is 10.8 Å². The van der Waals surface area contributed by atoms with E-state index in [0.29, 0.717) is 39.5 Å². The summed E-state index contributed by atoms with van der Waals surface area (Å²) in [6, 6.07) is 32.8. The Labute approximate surface area is 207 Å². The molecule has 0 heterocycles. The number of hydrogen-bond acceptors (Lipinski definition) is 8. The fourth-order valence-electron chi connectivity index (χ4n) is 3.40. The number of nitrogens with zero attached hydrogens (tertiary/aromatic N) is 6. The lowest BCUT2D eigenvalue weighted by molar-refractivity contribution is 0.482. The molecule has 8 nitrogen and oxygen atoms in total. The molecule has 0 amide bonds. The van der Waals surface area contributed by atoms with Crippen molar-refractivity contribution in [3.05, 3.63) is 109 Å². The number of phenols is 1. The molecule has 8 heteroatoms. The molecule has 0 unspecified atom stereocenters. The van der Waals surface area contributed by atoms with Crippen LogP contribution in [0.3, 0.4) is 0 Å². The number of azo groups is 3. The molecule has 36 heavy (non-hydrogen) atoms. The quantitative estimate of drug-likeness (QED) is 0.189. The van der Waals surface area contributed by atoms with Gasteiger partial charge in [-0.2, -0.15) is 25.6 Å². The van der Waals surface area contributed by atoms with Gasteiger partial charge in [0.1, 0.15) is 5.69 Å². The Morgan fingerprint density at radius 3 is 1.61 bits per heavy atom. The zero-order valence-corrected chi connectivity index (χ0v) is 19.1. The second-order valence-corrected chi connectivity index (χ2v) is 7.88. The molecule has 3 N–H and O–H groups in total. The first-order valence-electron chi connectivity index (χ1n) is 11.2. The van der Waals surface area contributed by atoms with Gasteiger partial charge in [-0.05, 0) is 90.3 Å². The van der Waals surface area contributed by atoms with Gasteiger partial charge in [-0.25, -0.2) is 0 Å². The number of fused-ring (bicyclic) bond motifs is 1. The van der Waals surface area contributed by atoms with Gasteiger partial charge in [0.05, 0.1) is 28.4 Å². The number of rotatable bonds is 6. The summed E-state index contributed by atoms with van der Waals surface area (Å²) < 4.78 is 0. The first-order valence-corrected chi connectivity index (χ1v) is 11.2. The lowest BCUT2D eigenvalue weighted by Gasteiger charge is -2.04. The number of benzene rings is 5. The molecule has 0 bridgehead atoms. The minimum atomic E-state index is 0.0477. The van der Waals surface area contributed by atoms with E-state index in [1.54, 1.807) is 54.6 Å². The highest BCUT2D eigenvalue weighted by Gasteiger charge is 2.07. The van der Waals surface area contributed by atoms with E-state index in [4.69, 9.17) is 5.73 Å². The Kier molecular flexibility index (Phi) is 6.48. The summed E-state index contributed by atoms with van der Waals surface area (Å²) in [6.45, 7) is 0. The van der Waals surface area contributed by atoms with Crippen LogP contribution in [-0.4, -0.2) is 5.11 Å². The van der Waals surface area contributed by atoms with Gasteiger partial charge in [-0.15, -0.1) is 5.11 Å². The molecule has 5 aromatic rings. The van der Waals surface area contributed by atoms with E-state index in [1.165, 1.54) is 0 Å². The van der Waals surface area contributed by atoms with Gasteiger partial charge in [0.25, 0.3) is 0 Å². The molecular formula is C28H21N7O. The predicted octanol–water partition coefficient (Wildman–Crippen LogP) is 9.37. The maximum Gasteiger partial charge on any atom is 0.150 e. The summed E-state index contributed by atoms with van der Waals surface area (Å²) in [7, 11) is 0. The van der Waals surface area contributed by atoms with Gasteiger partial charge in [0.15, 0.2) is 5.75 Å². The van der Waals surface area contributed by atoms with Crippen molar-refractivity contribution in [2.75, 3.05) is 5.73 Å². The van der Waals surface area contributed by atoms with E-state index in [2.05, 4.69) is 30.7 Å². The van der Waals surface area contributed by atoms with Gasteiger partial charge in [-0.1, -0.05) is 24.3 Å². The highest BCUT2D eigenvalue weighted by atomic mass is 16.3. The molecule has 0 fully saturated rings. The van der Waals surface area contributed by atoms with Gasteiger partial charge >= 0.3 is 0 Å². The van der Waals surface area contributed by atoms with E-state index in [-0.39, 0.29) is 5.75 Å². The SMILES string of the molecule is Nc1ccc(N=Nc2ccc3c(O)c(N=Nc4ccc(N=Nc5ccccc5)cc4)ccc3c2)cc1. The van der Waals surface area contributed by atoms with Crippen molar-refractivity contribution in [1.29, 1.82) is 0 Å². The Morgan fingerprint density at radius 1 is 0.472 bits per heavy atom. The lowest BCUT2D eigenvalue weighted by atomic mass is 10.1. The molecule has 0 aromatic heterocycles. The summed E-state index contributed by atoms with van der Waals surface area (Å²) in [5.74, 6) is 0.0477. The van der Waals surface area contributed by atoms with Gasteiger partial charge in [0.2, 0.25) is 0 Å². The van der Waals surface area contributed by atoms with E-state index in [9.17, 15) is 5.11 Å². The van der Waals surface area contributed by atoms with Crippen molar-refractivity contribution < 1.29 is 5.11 Å². The van der Waals surface area contributed by atoms with E-state index in [0.717, 1.165) is 11.1 Å². The first-order chi connectivity index (χ1) is 17.6. The van der Waals surface area contributed by atoms with E-state index >= 15 is 0 Å². The summed E-state index contributed by atoms with van der Waals surface area (Å²) in [4.78, 5) is 0. The normalized spacial score (nSPS) is 11.8. The molecular weight excluding hydrogens is 450 g/mol. The van der Waals surface area contributed by atoms with Crippen LogP contribution >= 0.6 is 0 Å². The minimum absolute atomic E-state index is 0.0477. The second kappa shape index (κ2) is 10.4. The highest BCUT2D eigenvalue weighted by molar-refractivity contribution is 5.94. The minimum Gasteiger partial charge on any atom is -0.505 e. The lowest BCUT2D eigenvalue weighted by Crippen LogP contribution is -1.80. The molecule has 5 rings (SSSR count). The first kappa shape index (κ1) is 22.5. The average Bonchev–Trinajstić information content (AvgIpc) is 2.92. The number of phenolic OH excluding ortho intramolecular Hbond substituents is 1. The molecule has 0 atom stereocenters. The summed E-state index contributed by atoms with van der Waals surface area (Å²) in [5, 5.41) is 37.6. The summed E-state index contributed by atoms with van der Waals surface area (Å²) in [5.41, 5.74) is 10.2. The fourth-order valence-corrected chi connectivity index (χ4v) is 3.40. The molecule has 0 spiro atoms. The number of nitrogen functional groups attached to an aromatic ring is 1. The van der Waals surface area contributed by atoms with Crippen LogP contribution in [0.2, 0.25) is 0 Å². The van der Waals surface area contributed by atoms with Crippen LogP contribution in [0.15, 0.2) is 140 Å². The van der Waals surface area contributed by atoms with Crippen LogP contribution in [0.25, 0.3) is 10.8 Å². The van der Waals surface area contributed by atoms with Crippen LogP contribution in [-0.2, 0) is 0 Å². The van der Waals surface area contributed by atoms with Crippen molar-refractivity contribution in [2.24, 2.45) is 30.7 Å². The largest absolute Gasteiger partial charge is 0.505 e. The van der Waals surface area contributed by atoms with Crippen LogP contribution < -0.4 is 5.73 Å². The van der Waals surface area contributed by atoms with Crippen molar-refractivity contribution >= 4 is 50.6 Å². The molecule has 174 valence electrons. The second-order valence-electron chi connectivity index (χ2n) is 7.88. The predicted molar refractivity (Wildman–Crippen MR) is 142 cm³/mol. The maximum absolute atomic E-state index is 10.7. The molecule has 5 aromatic carbocycles. The third-order valence-corrected chi connectivity index (χ3v) is 5.29. The van der Waals surface area contributed by atoms with Crippen molar-refractivity contribution in [3.63, 3.8) is 0 Å². The van der Waals surface area contributed by atoms with E-state index < -0.39 is 0 Å². The van der Waals surface area contributed by atoms with Gasteiger partial charge in [-0.3, -0.25) is 0 Å². The summed E-state index contributed by atoms with van der Waals surface area (Å²) >= 11 is 0. The zero-order valence-electron chi connectivity index (χ0n) is 19.1. The fraction of sp³-hybridized carbons (Fsp3) is 0. The Bertz CT molecular complexity index is 1580. The Morgan fingerprint density at radius 2 is 0.972 bits per heavy atom. The molecule has 0 aliphatic rings. The molecule has 0 radical (unpaired) electrons. The smallest absolute Gasteiger partial charge is 0.150 e. The monoisotopic (exact) mass is 471 g/mol. The van der Waals surface area contributed by atoms with Crippen molar-refractivity contribution in [1.82, 2.24) is 0 Å². The van der Waals surface area contributed by atoms with Gasteiger partial charge in [0, 0.05) is 11.1 Å². The molecule has 0 aliphatic heterocycles. The molecule has 0 saturated carbocycles. The van der Waals surface area contributed by atoms with Crippen molar-refractivity contribution in [2.45, 2.75) is 0 Å². The third-order valence-electron chi connectivity index (χ3n) is 5.29. The van der Waals surface area contributed by atoms with Crippen LogP contribution in [0, 0.1) is 0 Å². The Balaban J connectivity index is 1.30. The number of anilines is 1. The zero-order chi connectivity index (χ0) is 24.7. The highest BCUT2D eigenvalue weighted by Crippen LogP contribution is 2.37. The summed E-state index contributed by atoms with van der Waals surface area (Å²) in [6.07, 6.45) is 0. The standard InChI is InChI=1S/C28H21N7O/c29-20-7-9-22(10-8-20)32-34-25-15-16-26-19(18-25)6-17-27(28(26)36)35-33-24-13-11-23(12-14-24)31-30-21-4-2-1-3-5-21/h1-18,36H,29H2. The third kappa shape index (κ3) is 5.45. The molecule has 0 aliphatic carbocycles. The van der Waals surface area contributed by atoms with Crippen molar-refractivity contribution in [3.8, 4) is 5.75 Å².